The quantitative estimate of drug-likeness (QED) is 0.844. The second kappa shape index (κ2) is 7.06. The van der Waals surface area contributed by atoms with E-state index < -0.39 is 0 Å². The van der Waals surface area contributed by atoms with Crippen LogP contribution < -0.4 is 10.6 Å². The van der Waals surface area contributed by atoms with Crippen molar-refractivity contribution in [3.8, 4) is 0 Å². The Balaban J connectivity index is 1.67. The molecule has 0 aromatic heterocycles. The molecule has 0 saturated heterocycles. The molecular weight excluding hydrogens is 304 g/mol. The number of hydrogen-bond acceptors (Lipinski definition) is 2. The number of amides is 1. The number of hydrogen-bond donors (Lipinski definition) is 2. The minimum Gasteiger partial charge on any atom is -0.356 e. The maximum absolute atomic E-state index is 11.3. The summed E-state index contributed by atoms with van der Waals surface area (Å²) in [4.78, 5) is 11.3. The highest BCUT2D eigenvalue weighted by Gasteiger charge is 2.30. The Bertz CT molecular complexity index is 430. The fraction of sp³-hybridized carbons (Fsp3) is 0.533. The van der Waals surface area contributed by atoms with Gasteiger partial charge < -0.3 is 10.6 Å². The highest BCUT2D eigenvalue weighted by Crippen LogP contribution is 2.39. The van der Waals surface area contributed by atoms with Crippen LogP contribution in [0.4, 0.5) is 0 Å². The fourth-order valence-corrected chi connectivity index (χ4v) is 3.13. The van der Waals surface area contributed by atoms with Crippen molar-refractivity contribution in [2.75, 3.05) is 13.1 Å². The third kappa shape index (κ3) is 4.05. The van der Waals surface area contributed by atoms with Crippen molar-refractivity contribution in [2.24, 2.45) is 0 Å². The van der Waals surface area contributed by atoms with Gasteiger partial charge in [0.2, 0.25) is 5.91 Å². The maximum atomic E-state index is 11.3. The van der Waals surface area contributed by atoms with Crippen molar-refractivity contribution >= 4 is 21.8 Å². The fourth-order valence-electron chi connectivity index (χ4n) is 2.52. The highest BCUT2D eigenvalue weighted by atomic mass is 79.9. The van der Waals surface area contributed by atoms with Crippen molar-refractivity contribution in [3.63, 3.8) is 0 Å². The van der Waals surface area contributed by atoms with Gasteiger partial charge in [-0.05, 0) is 37.3 Å². The minimum atomic E-state index is 0.136. The first kappa shape index (κ1) is 14.5. The number of benzene rings is 1. The number of nitrogens with one attached hydrogen (secondary N) is 2. The summed E-state index contributed by atoms with van der Waals surface area (Å²) < 4.78 is 1.21. The van der Waals surface area contributed by atoms with Crippen LogP contribution in [-0.4, -0.2) is 25.0 Å². The first-order chi connectivity index (χ1) is 9.20. The largest absolute Gasteiger partial charge is 0.356 e. The smallest absolute Gasteiger partial charge is 0.221 e. The number of halogens is 1. The van der Waals surface area contributed by atoms with Crippen LogP contribution in [0.3, 0.4) is 0 Å². The van der Waals surface area contributed by atoms with Gasteiger partial charge in [-0.3, -0.25) is 4.79 Å². The van der Waals surface area contributed by atoms with Gasteiger partial charge in [-0.25, -0.2) is 0 Å². The molecule has 2 N–H and O–H groups in total. The molecule has 1 aliphatic rings. The average molecular weight is 325 g/mol. The van der Waals surface area contributed by atoms with E-state index in [4.69, 9.17) is 0 Å². The topological polar surface area (TPSA) is 41.1 Å². The molecule has 0 atom stereocenters. The van der Waals surface area contributed by atoms with Crippen molar-refractivity contribution in [1.82, 2.24) is 10.6 Å². The number of carbonyl (C=O) groups is 1. The average Bonchev–Trinajstić information content (AvgIpc) is 2.34. The monoisotopic (exact) mass is 324 g/mol. The number of carbonyl (C=O) groups excluding carboxylic acids is 1. The molecule has 2 rings (SSSR count). The molecular formula is C15H21BrN2O. The Morgan fingerprint density at radius 1 is 1.37 bits per heavy atom. The molecule has 3 nitrogen and oxygen atoms in total. The molecule has 104 valence electrons. The van der Waals surface area contributed by atoms with Gasteiger partial charge >= 0.3 is 0 Å². The minimum absolute atomic E-state index is 0.136. The summed E-state index contributed by atoms with van der Waals surface area (Å²) in [6.07, 6.45) is 2.90. The van der Waals surface area contributed by atoms with Crippen LogP contribution in [0.25, 0.3) is 0 Å². The van der Waals surface area contributed by atoms with Gasteiger partial charge in [-0.2, -0.15) is 0 Å². The molecule has 0 spiro atoms. The van der Waals surface area contributed by atoms with E-state index in [1.165, 1.54) is 10.0 Å². The van der Waals surface area contributed by atoms with Gasteiger partial charge in [-0.1, -0.05) is 34.1 Å². The van der Waals surface area contributed by atoms with E-state index in [9.17, 15) is 4.79 Å². The van der Waals surface area contributed by atoms with Crippen LogP contribution in [0.1, 0.15) is 37.7 Å². The molecule has 1 saturated carbocycles. The van der Waals surface area contributed by atoms with Crippen LogP contribution in [0.15, 0.2) is 28.7 Å². The Hall–Kier alpha value is -0.870. The van der Waals surface area contributed by atoms with Gasteiger partial charge in [0.15, 0.2) is 0 Å². The molecule has 1 aliphatic carbocycles. The molecule has 0 aliphatic heterocycles. The molecule has 0 unspecified atom stereocenters. The lowest BCUT2D eigenvalue weighted by molar-refractivity contribution is -0.120. The van der Waals surface area contributed by atoms with Crippen LogP contribution in [0, 0.1) is 0 Å². The zero-order valence-electron chi connectivity index (χ0n) is 11.3. The third-order valence-electron chi connectivity index (χ3n) is 3.64. The second-order valence-corrected chi connectivity index (χ2v) is 5.90. The summed E-state index contributed by atoms with van der Waals surface area (Å²) in [5, 5.41) is 6.26. The molecule has 19 heavy (non-hydrogen) atoms. The molecule has 1 amide bonds. The predicted octanol–water partition coefficient (Wildman–Crippen LogP) is 2.81. The normalized spacial score (nSPS) is 21.8. The van der Waals surface area contributed by atoms with Crippen molar-refractivity contribution < 1.29 is 4.79 Å². The summed E-state index contributed by atoms with van der Waals surface area (Å²) in [7, 11) is 0. The number of rotatable bonds is 6. The molecule has 0 bridgehead atoms. The lowest BCUT2D eigenvalue weighted by Gasteiger charge is -2.37. The maximum Gasteiger partial charge on any atom is 0.221 e. The van der Waals surface area contributed by atoms with Crippen LogP contribution >= 0.6 is 15.9 Å². The predicted molar refractivity (Wildman–Crippen MR) is 81.2 cm³/mol. The van der Waals surface area contributed by atoms with Gasteiger partial charge in [0.05, 0.1) is 0 Å². The van der Waals surface area contributed by atoms with Gasteiger partial charge in [0.1, 0.15) is 0 Å². The van der Waals surface area contributed by atoms with E-state index in [2.05, 4.69) is 44.8 Å². The van der Waals surface area contributed by atoms with E-state index in [0.717, 1.165) is 19.4 Å². The van der Waals surface area contributed by atoms with E-state index in [-0.39, 0.29) is 5.91 Å². The Labute approximate surface area is 123 Å². The molecule has 0 radical (unpaired) electrons. The molecule has 4 heteroatoms. The van der Waals surface area contributed by atoms with Crippen molar-refractivity contribution in [1.29, 1.82) is 0 Å². The van der Waals surface area contributed by atoms with Crippen LogP contribution in [0.5, 0.6) is 0 Å². The van der Waals surface area contributed by atoms with E-state index in [1.807, 2.05) is 13.0 Å². The van der Waals surface area contributed by atoms with Crippen molar-refractivity contribution in [2.45, 2.75) is 38.1 Å². The second-order valence-electron chi connectivity index (χ2n) is 5.04. The highest BCUT2D eigenvalue weighted by molar-refractivity contribution is 9.10. The standard InChI is InChI=1S/C15H21BrN2O/c1-2-17-15(19)7-8-18-12-9-11(10-12)13-5-3-4-6-14(13)16/h3-6,11-12,18H,2,7-10H2,1H3,(H,17,19). The Kier molecular flexibility index (Phi) is 5.40. The SMILES string of the molecule is CCNC(=O)CCNC1CC(c2ccccc2Br)C1. The lowest BCUT2D eigenvalue weighted by Crippen LogP contribution is -2.41. The Morgan fingerprint density at radius 2 is 2.11 bits per heavy atom. The molecule has 1 aromatic rings. The summed E-state index contributed by atoms with van der Waals surface area (Å²) in [5.74, 6) is 0.786. The first-order valence-electron chi connectivity index (χ1n) is 6.95. The van der Waals surface area contributed by atoms with E-state index in [0.29, 0.717) is 24.9 Å². The zero-order chi connectivity index (χ0) is 13.7. The van der Waals surface area contributed by atoms with Crippen LogP contribution in [-0.2, 0) is 4.79 Å². The lowest BCUT2D eigenvalue weighted by atomic mass is 9.76. The third-order valence-corrected chi connectivity index (χ3v) is 4.36. The van der Waals surface area contributed by atoms with Gasteiger partial charge in [-0.15, -0.1) is 0 Å². The van der Waals surface area contributed by atoms with E-state index in [1.54, 1.807) is 0 Å². The van der Waals surface area contributed by atoms with E-state index >= 15 is 0 Å². The zero-order valence-corrected chi connectivity index (χ0v) is 12.9. The summed E-state index contributed by atoms with van der Waals surface area (Å²) >= 11 is 3.61. The molecule has 1 aromatic carbocycles. The first-order valence-corrected chi connectivity index (χ1v) is 7.74. The summed E-state index contributed by atoms with van der Waals surface area (Å²) in [6.45, 7) is 3.44. The summed E-state index contributed by atoms with van der Waals surface area (Å²) in [5.41, 5.74) is 1.41. The van der Waals surface area contributed by atoms with Crippen LogP contribution in [0.2, 0.25) is 0 Å². The van der Waals surface area contributed by atoms with Gasteiger partial charge in [0.25, 0.3) is 0 Å². The Morgan fingerprint density at radius 3 is 2.79 bits per heavy atom. The molecule has 1 fully saturated rings. The summed E-state index contributed by atoms with van der Waals surface area (Å²) in [6, 6.07) is 9.00. The van der Waals surface area contributed by atoms with Gasteiger partial charge in [0, 0.05) is 30.0 Å². The van der Waals surface area contributed by atoms with Crippen molar-refractivity contribution in [3.05, 3.63) is 34.3 Å². The molecule has 0 heterocycles.